The number of benzene rings is 1. The fraction of sp³-hybridized carbons (Fsp3) is 0.550. The first-order valence-electron chi connectivity index (χ1n) is 9.93. The highest BCUT2D eigenvalue weighted by Gasteiger charge is 2.22. The molecule has 1 fully saturated rings. The predicted molar refractivity (Wildman–Crippen MR) is 119 cm³/mol. The third kappa shape index (κ3) is 4.92. The zero-order valence-electron chi connectivity index (χ0n) is 17.3. The maximum atomic E-state index is 4.61. The van der Waals surface area contributed by atoms with Gasteiger partial charge in [-0.1, -0.05) is 25.1 Å². The van der Waals surface area contributed by atoms with Gasteiger partial charge in [0.15, 0.2) is 5.96 Å². The summed E-state index contributed by atoms with van der Waals surface area (Å²) in [7, 11) is 3.99. The number of nitrogens with zero attached hydrogens (tertiary/aromatic N) is 6. The van der Waals surface area contributed by atoms with Gasteiger partial charge in [0.2, 0.25) is 5.13 Å². The number of nitrogens with one attached hydrogen (secondary N) is 1. The van der Waals surface area contributed by atoms with Gasteiger partial charge in [-0.05, 0) is 19.1 Å². The maximum absolute atomic E-state index is 4.61. The predicted octanol–water partition coefficient (Wildman–Crippen LogP) is 2.32. The lowest BCUT2D eigenvalue weighted by molar-refractivity contribution is 0.371. The molecule has 0 spiro atoms. The van der Waals surface area contributed by atoms with Gasteiger partial charge in [-0.2, -0.15) is 4.37 Å². The van der Waals surface area contributed by atoms with Gasteiger partial charge in [0.1, 0.15) is 5.82 Å². The molecule has 152 valence electrons. The van der Waals surface area contributed by atoms with E-state index in [4.69, 9.17) is 0 Å². The Hall–Kier alpha value is -2.35. The summed E-state index contributed by atoms with van der Waals surface area (Å²) in [4.78, 5) is 16.1. The first-order valence-corrected chi connectivity index (χ1v) is 10.7. The fourth-order valence-electron chi connectivity index (χ4n) is 3.25. The van der Waals surface area contributed by atoms with Crippen LogP contribution in [0, 0.1) is 0 Å². The molecule has 1 aromatic carbocycles. The fourth-order valence-corrected chi connectivity index (χ4v) is 4.05. The number of para-hydroxylation sites is 1. The summed E-state index contributed by atoms with van der Waals surface area (Å²) >= 11 is 1.51. The van der Waals surface area contributed by atoms with Crippen LogP contribution in [0.1, 0.15) is 19.7 Å². The van der Waals surface area contributed by atoms with Crippen molar-refractivity contribution in [3.8, 4) is 0 Å². The minimum atomic E-state index is 0.356. The maximum Gasteiger partial charge on any atom is 0.205 e. The number of guanidine groups is 1. The standard InChI is InChI=1S/C20H31N7S/c1-5-18-23-20(28-24-18)27-13-11-26(12-14-27)19(21-3)22-15-16(2)25(4)17-9-7-6-8-10-17/h6-10,16H,5,11-15H2,1-4H3,(H,21,22). The summed E-state index contributed by atoms with van der Waals surface area (Å²) in [6, 6.07) is 10.8. The average Bonchev–Trinajstić information content (AvgIpc) is 3.24. The van der Waals surface area contributed by atoms with Crippen LogP contribution in [0.3, 0.4) is 0 Å². The minimum absolute atomic E-state index is 0.356. The van der Waals surface area contributed by atoms with Gasteiger partial charge in [0.25, 0.3) is 0 Å². The van der Waals surface area contributed by atoms with E-state index >= 15 is 0 Å². The third-order valence-electron chi connectivity index (χ3n) is 5.22. The molecule has 1 aromatic heterocycles. The van der Waals surface area contributed by atoms with Gasteiger partial charge in [0.05, 0.1) is 0 Å². The second kappa shape index (κ2) is 9.73. The van der Waals surface area contributed by atoms with Gasteiger partial charge in [-0.15, -0.1) is 0 Å². The molecule has 0 radical (unpaired) electrons. The topological polar surface area (TPSA) is 59.9 Å². The van der Waals surface area contributed by atoms with Crippen molar-refractivity contribution in [1.82, 2.24) is 19.6 Å². The number of piperazine rings is 1. The molecule has 1 saturated heterocycles. The van der Waals surface area contributed by atoms with Crippen molar-refractivity contribution in [3.63, 3.8) is 0 Å². The molecule has 1 aliphatic heterocycles. The molecule has 0 bridgehead atoms. The van der Waals surface area contributed by atoms with Crippen LogP contribution < -0.4 is 15.1 Å². The van der Waals surface area contributed by atoms with Crippen molar-refractivity contribution in [2.75, 3.05) is 56.6 Å². The SMILES string of the molecule is CCc1nsc(N2CCN(C(=NC)NCC(C)N(C)c3ccccc3)CC2)n1. The molecule has 8 heteroatoms. The molecule has 0 amide bonds. The Bertz CT molecular complexity index is 753. The Kier molecular flexibility index (Phi) is 7.08. The van der Waals surface area contributed by atoms with Crippen LogP contribution in [-0.4, -0.2) is 73.1 Å². The van der Waals surface area contributed by atoms with Gasteiger partial charge >= 0.3 is 0 Å². The Morgan fingerprint density at radius 3 is 2.57 bits per heavy atom. The van der Waals surface area contributed by atoms with Gasteiger partial charge < -0.3 is 20.0 Å². The molecule has 1 N–H and O–H groups in total. The van der Waals surface area contributed by atoms with Crippen LogP contribution in [0.25, 0.3) is 0 Å². The number of rotatable bonds is 6. The Morgan fingerprint density at radius 2 is 1.96 bits per heavy atom. The van der Waals surface area contributed by atoms with Crippen LogP contribution in [0.5, 0.6) is 0 Å². The number of anilines is 2. The van der Waals surface area contributed by atoms with E-state index in [1.165, 1.54) is 17.2 Å². The molecular formula is C20H31N7S. The van der Waals surface area contributed by atoms with Crippen LogP contribution >= 0.6 is 11.5 Å². The minimum Gasteiger partial charge on any atom is -0.370 e. The first-order chi connectivity index (χ1) is 13.6. The summed E-state index contributed by atoms with van der Waals surface area (Å²) in [6.07, 6.45) is 0.892. The highest BCUT2D eigenvalue weighted by atomic mass is 32.1. The molecule has 0 saturated carbocycles. The summed E-state index contributed by atoms with van der Waals surface area (Å²) in [6.45, 7) is 8.92. The average molecular weight is 402 g/mol. The molecule has 28 heavy (non-hydrogen) atoms. The largest absolute Gasteiger partial charge is 0.370 e. The highest BCUT2D eigenvalue weighted by molar-refractivity contribution is 7.09. The quantitative estimate of drug-likeness (QED) is 0.592. The molecule has 2 heterocycles. The number of aryl methyl sites for hydroxylation is 1. The zero-order chi connectivity index (χ0) is 19.9. The lowest BCUT2D eigenvalue weighted by Gasteiger charge is -2.37. The van der Waals surface area contributed by atoms with E-state index < -0.39 is 0 Å². The third-order valence-corrected chi connectivity index (χ3v) is 6.03. The summed E-state index contributed by atoms with van der Waals surface area (Å²) in [5.41, 5.74) is 1.23. The second-order valence-corrected chi connectivity index (χ2v) is 7.77. The molecule has 7 nitrogen and oxygen atoms in total. The Labute approximate surface area is 172 Å². The van der Waals surface area contributed by atoms with E-state index in [9.17, 15) is 0 Å². The van der Waals surface area contributed by atoms with E-state index in [1.54, 1.807) is 0 Å². The second-order valence-electron chi connectivity index (χ2n) is 7.04. The van der Waals surface area contributed by atoms with Gasteiger partial charge in [-0.3, -0.25) is 4.99 Å². The number of aliphatic imine (C=N–C) groups is 1. The summed E-state index contributed by atoms with van der Waals surface area (Å²) in [5, 5.41) is 4.59. The number of likely N-dealkylation sites (N-methyl/N-ethyl adjacent to an activating group) is 1. The Balaban J connectivity index is 1.49. The van der Waals surface area contributed by atoms with E-state index in [1.807, 2.05) is 13.1 Å². The van der Waals surface area contributed by atoms with Crippen molar-refractivity contribution in [1.29, 1.82) is 0 Å². The monoisotopic (exact) mass is 401 g/mol. The molecule has 3 rings (SSSR count). The van der Waals surface area contributed by atoms with Crippen molar-refractivity contribution in [2.24, 2.45) is 4.99 Å². The smallest absolute Gasteiger partial charge is 0.205 e. The van der Waals surface area contributed by atoms with Crippen LogP contribution in [0.2, 0.25) is 0 Å². The van der Waals surface area contributed by atoms with Crippen LogP contribution in [0.15, 0.2) is 35.3 Å². The van der Waals surface area contributed by atoms with Crippen molar-refractivity contribution >= 4 is 28.3 Å². The molecule has 1 unspecified atom stereocenters. The number of hydrogen-bond donors (Lipinski definition) is 1. The van der Waals surface area contributed by atoms with Crippen LogP contribution in [0.4, 0.5) is 10.8 Å². The van der Waals surface area contributed by atoms with Crippen molar-refractivity contribution < 1.29 is 0 Å². The number of aromatic nitrogens is 2. The molecular weight excluding hydrogens is 370 g/mol. The molecule has 2 aromatic rings. The Morgan fingerprint density at radius 1 is 1.25 bits per heavy atom. The zero-order valence-corrected chi connectivity index (χ0v) is 18.1. The van der Waals surface area contributed by atoms with E-state index in [2.05, 4.69) is 79.5 Å². The molecule has 0 aliphatic carbocycles. The highest BCUT2D eigenvalue weighted by Crippen LogP contribution is 2.19. The van der Waals surface area contributed by atoms with Gasteiger partial charge in [-0.25, -0.2) is 4.98 Å². The van der Waals surface area contributed by atoms with E-state index in [0.717, 1.165) is 56.1 Å². The van der Waals surface area contributed by atoms with Crippen molar-refractivity contribution in [2.45, 2.75) is 26.3 Å². The van der Waals surface area contributed by atoms with E-state index in [-0.39, 0.29) is 0 Å². The number of hydrogen-bond acceptors (Lipinski definition) is 6. The summed E-state index contributed by atoms with van der Waals surface area (Å²) < 4.78 is 4.41. The van der Waals surface area contributed by atoms with Crippen molar-refractivity contribution in [3.05, 3.63) is 36.2 Å². The van der Waals surface area contributed by atoms with Crippen LogP contribution in [-0.2, 0) is 6.42 Å². The first kappa shape index (κ1) is 20.4. The summed E-state index contributed by atoms with van der Waals surface area (Å²) in [5.74, 6) is 1.91. The van der Waals surface area contributed by atoms with E-state index in [0.29, 0.717) is 6.04 Å². The lowest BCUT2D eigenvalue weighted by Crippen LogP contribution is -2.54. The van der Waals surface area contributed by atoms with Gasteiger partial charge in [0, 0.05) is 76.5 Å². The molecule has 1 aliphatic rings. The normalized spacial score (nSPS) is 16.2. The lowest BCUT2D eigenvalue weighted by atomic mass is 10.2. The molecule has 1 atom stereocenters.